The first kappa shape index (κ1) is 19.7. The topological polar surface area (TPSA) is 165 Å². The normalized spacial score (nSPS) is 20.4. The summed E-state index contributed by atoms with van der Waals surface area (Å²) in [6, 6.07) is -3.31. The lowest BCUT2D eigenvalue weighted by Gasteiger charge is -2.41. The second kappa shape index (κ2) is 7.35. The first-order valence-corrected chi connectivity index (χ1v) is 9.12. The number of carbonyl (C=O) groups is 3. The molecule has 12 nitrogen and oxygen atoms in total. The molecule has 0 aromatic carbocycles. The molecule has 14 heteroatoms. The number of ether oxygens (including phenoxy) is 1. The van der Waals surface area contributed by atoms with Crippen LogP contribution in [0.3, 0.4) is 0 Å². The first-order valence-electron chi connectivity index (χ1n) is 6.84. The fraction of sp³-hybridized carbons (Fsp3) is 0.417. The van der Waals surface area contributed by atoms with E-state index in [0.717, 1.165) is 7.11 Å². The van der Waals surface area contributed by atoms with Gasteiger partial charge >= 0.3 is 16.3 Å². The largest absolute Gasteiger partial charge is 0.467 e. The van der Waals surface area contributed by atoms with Gasteiger partial charge in [-0.3, -0.25) is 14.1 Å². The van der Waals surface area contributed by atoms with E-state index in [2.05, 4.69) is 25.0 Å². The molecule has 1 saturated heterocycles. The zero-order valence-corrected chi connectivity index (χ0v) is 15.3. The van der Waals surface area contributed by atoms with Crippen molar-refractivity contribution in [3.05, 3.63) is 16.1 Å². The number of carbonyl (C=O) groups excluding carboxylic acids is 3. The van der Waals surface area contributed by atoms with Crippen molar-refractivity contribution in [2.75, 3.05) is 14.2 Å². The number of nitrogens with one attached hydrogen (secondary N) is 1. The van der Waals surface area contributed by atoms with Gasteiger partial charge in [0.2, 0.25) is 0 Å². The molecule has 1 fully saturated rings. The lowest BCUT2D eigenvalue weighted by molar-refractivity contribution is -0.162. The molecular formula is C12H14N4O8S2. The zero-order valence-electron chi connectivity index (χ0n) is 13.7. The monoisotopic (exact) mass is 406 g/mol. The maximum Gasteiger partial charge on any atom is 0.363 e. The summed E-state index contributed by atoms with van der Waals surface area (Å²) in [6.45, 7) is 1.70. The van der Waals surface area contributed by atoms with Gasteiger partial charge in [-0.2, -0.15) is 12.7 Å². The van der Waals surface area contributed by atoms with Crippen LogP contribution in [0, 0.1) is 6.92 Å². The van der Waals surface area contributed by atoms with Crippen LogP contribution in [-0.2, 0) is 34.3 Å². The molecule has 0 aliphatic carbocycles. The number of hydrogen-bond acceptors (Lipinski definition) is 10. The number of aromatic nitrogens is 1. The van der Waals surface area contributed by atoms with Gasteiger partial charge in [0, 0.05) is 5.38 Å². The third kappa shape index (κ3) is 3.66. The second-order valence-corrected chi connectivity index (χ2v) is 7.26. The van der Waals surface area contributed by atoms with Gasteiger partial charge in [0.15, 0.2) is 11.8 Å². The van der Waals surface area contributed by atoms with Crippen molar-refractivity contribution in [2.24, 2.45) is 5.16 Å². The van der Waals surface area contributed by atoms with Crippen molar-refractivity contribution in [1.82, 2.24) is 14.6 Å². The SMILES string of the molecule is CON=C(C(=O)NC1C(=O)N(S(=O)(=O)O)C1C(=O)OC)c1csc(C)n1. The minimum Gasteiger partial charge on any atom is -0.467 e. The quantitative estimate of drug-likeness (QED) is 0.187. The average Bonchev–Trinajstić information content (AvgIpc) is 2.98. The van der Waals surface area contributed by atoms with E-state index in [4.69, 9.17) is 4.55 Å². The van der Waals surface area contributed by atoms with E-state index < -0.39 is 40.2 Å². The summed E-state index contributed by atoms with van der Waals surface area (Å²) in [7, 11) is -2.85. The maximum absolute atomic E-state index is 12.4. The first-order chi connectivity index (χ1) is 12.1. The Kier molecular flexibility index (Phi) is 5.58. The fourth-order valence-electron chi connectivity index (χ4n) is 2.19. The molecule has 2 unspecified atom stereocenters. The number of methoxy groups -OCH3 is 1. The number of esters is 1. The van der Waals surface area contributed by atoms with Crippen molar-refractivity contribution in [3.8, 4) is 0 Å². The Morgan fingerprint density at radius 2 is 2.08 bits per heavy atom. The van der Waals surface area contributed by atoms with Crippen LogP contribution in [0.15, 0.2) is 10.5 Å². The molecule has 142 valence electrons. The Balaban J connectivity index is 2.27. The molecule has 2 atom stereocenters. The predicted octanol–water partition coefficient (Wildman–Crippen LogP) is -1.53. The van der Waals surface area contributed by atoms with E-state index in [9.17, 15) is 22.8 Å². The Morgan fingerprint density at radius 3 is 2.54 bits per heavy atom. The lowest BCUT2D eigenvalue weighted by Crippen LogP contribution is -2.74. The molecule has 2 amide bonds. The van der Waals surface area contributed by atoms with Crippen LogP contribution in [-0.4, -0.2) is 72.1 Å². The van der Waals surface area contributed by atoms with Crippen molar-refractivity contribution in [3.63, 3.8) is 0 Å². The Morgan fingerprint density at radius 1 is 1.42 bits per heavy atom. The van der Waals surface area contributed by atoms with Crippen LogP contribution in [0.2, 0.25) is 0 Å². The summed E-state index contributed by atoms with van der Waals surface area (Å²) in [5, 5.41) is 7.88. The number of β-lactam (4-membered cyclic amide) rings is 1. The van der Waals surface area contributed by atoms with Gasteiger partial charge in [0.25, 0.3) is 11.8 Å². The number of amides is 2. The molecule has 26 heavy (non-hydrogen) atoms. The zero-order chi connectivity index (χ0) is 19.6. The summed E-state index contributed by atoms with van der Waals surface area (Å²) < 4.78 is 35.9. The molecule has 1 aromatic rings. The summed E-state index contributed by atoms with van der Waals surface area (Å²) in [4.78, 5) is 44.8. The van der Waals surface area contributed by atoms with Crippen molar-refractivity contribution < 1.29 is 36.9 Å². The van der Waals surface area contributed by atoms with E-state index in [1.54, 1.807) is 6.92 Å². The van der Waals surface area contributed by atoms with Crippen LogP contribution >= 0.6 is 11.3 Å². The number of hydrogen-bond donors (Lipinski definition) is 2. The van der Waals surface area contributed by atoms with E-state index in [0.29, 0.717) is 5.01 Å². The highest BCUT2D eigenvalue weighted by Crippen LogP contribution is 2.25. The van der Waals surface area contributed by atoms with Crippen LogP contribution in [0.1, 0.15) is 10.7 Å². The molecule has 0 spiro atoms. The second-order valence-electron chi connectivity index (χ2n) is 4.91. The summed E-state index contributed by atoms with van der Waals surface area (Å²) in [5.74, 6) is -3.27. The van der Waals surface area contributed by atoms with Crippen LogP contribution < -0.4 is 5.32 Å². The number of thiazole rings is 1. The Hall–Kier alpha value is -2.58. The molecule has 2 rings (SSSR count). The number of oxime groups is 1. The molecule has 1 aromatic heterocycles. The predicted molar refractivity (Wildman–Crippen MR) is 86.5 cm³/mol. The molecular weight excluding hydrogens is 392 g/mol. The van der Waals surface area contributed by atoms with Gasteiger partial charge in [0.05, 0.1) is 12.1 Å². The molecule has 1 aliphatic heterocycles. The Labute approximate surface area is 151 Å². The highest BCUT2D eigenvalue weighted by Gasteiger charge is 2.58. The number of rotatable bonds is 6. The molecule has 0 bridgehead atoms. The van der Waals surface area contributed by atoms with Crippen molar-refractivity contribution in [1.29, 1.82) is 0 Å². The molecule has 2 heterocycles. The lowest BCUT2D eigenvalue weighted by atomic mass is 9.98. The maximum atomic E-state index is 12.4. The summed E-state index contributed by atoms with van der Waals surface area (Å²) in [5.41, 5.74) is -0.113. The van der Waals surface area contributed by atoms with Crippen LogP contribution in [0.4, 0.5) is 0 Å². The van der Waals surface area contributed by atoms with Gasteiger partial charge in [-0.15, -0.1) is 11.3 Å². The standard InChI is InChI=1S/C12H14N4O8S2/c1-5-13-6(4-25-5)7(15-24-3)10(17)14-8-9(12(19)23-2)16(11(8)18)26(20,21)22/h4,8-9H,1-3H3,(H,14,17)(H,20,21,22). The average molecular weight is 406 g/mol. The number of aryl methyl sites for hydroxylation is 1. The van der Waals surface area contributed by atoms with Gasteiger partial charge < -0.3 is 14.9 Å². The third-order valence-corrected chi connectivity index (χ3v) is 4.97. The highest BCUT2D eigenvalue weighted by atomic mass is 32.2. The van der Waals surface area contributed by atoms with E-state index in [1.165, 1.54) is 23.8 Å². The molecule has 1 aliphatic rings. The van der Waals surface area contributed by atoms with Crippen molar-refractivity contribution >= 4 is 45.1 Å². The Bertz CT molecular complexity index is 878. The summed E-state index contributed by atoms with van der Waals surface area (Å²) >= 11 is 1.24. The van der Waals surface area contributed by atoms with E-state index >= 15 is 0 Å². The minimum absolute atomic E-state index is 0.0795. The fourth-order valence-corrected chi connectivity index (χ4v) is 3.62. The molecule has 2 N–H and O–H groups in total. The smallest absolute Gasteiger partial charge is 0.363 e. The van der Waals surface area contributed by atoms with Crippen LogP contribution in [0.5, 0.6) is 0 Å². The van der Waals surface area contributed by atoms with E-state index in [-0.39, 0.29) is 15.7 Å². The van der Waals surface area contributed by atoms with Gasteiger partial charge in [-0.05, 0) is 6.92 Å². The van der Waals surface area contributed by atoms with E-state index in [1.807, 2.05) is 0 Å². The third-order valence-electron chi connectivity index (χ3n) is 3.29. The summed E-state index contributed by atoms with van der Waals surface area (Å²) in [6.07, 6.45) is 0. The molecule has 0 saturated carbocycles. The van der Waals surface area contributed by atoms with Crippen LogP contribution in [0.25, 0.3) is 0 Å². The minimum atomic E-state index is -5.00. The van der Waals surface area contributed by atoms with Gasteiger partial charge in [-0.25, -0.2) is 9.78 Å². The highest BCUT2D eigenvalue weighted by molar-refractivity contribution is 7.84. The van der Waals surface area contributed by atoms with Crippen molar-refractivity contribution in [2.45, 2.75) is 19.0 Å². The van der Waals surface area contributed by atoms with Gasteiger partial charge in [0.1, 0.15) is 18.8 Å². The van der Waals surface area contributed by atoms with Gasteiger partial charge in [-0.1, -0.05) is 5.16 Å². The molecule has 0 radical (unpaired) electrons. The number of nitrogens with zero attached hydrogens (tertiary/aromatic N) is 3.